The van der Waals surface area contributed by atoms with Crippen molar-refractivity contribution in [3.63, 3.8) is 0 Å². The van der Waals surface area contributed by atoms with Gasteiger partial charge in [-0.25, -0.2) is 9.13 Å². The molecule has 540 valence electrons. The molecule has 0 heterocycles. The average Bonchev–Trinajstić information content (AvgIpc) is 3.71. The van der Waals surface area contributed by atoms with Crippen LogP contribution in [0.3, 0.4) is 0 Å². The molecule has 0 fully saturated rings. The normalized spacial score (nSPS) is 14.8. The number of ether oxygens (including phenoxy) is 4. The van der Waals surface area contributed by atoms with Crippen LogP contribution in [0.25, 0.3) is 0 Å². The van der Waals surface area contributed by atoms with Crippen molar-refractivity contribution in [2.75, 3.05) is 39.6 Å². The van der Waals surface area contributed by atoms with E-state index in [1.165, 1.54) is 154 Å². The van der Waals surface area contributed by atoms with E-state index in [-0.39, 0.29) is 25.7 Å². The molecule has 7 atom stereocenters. The van der Waals surface area contributed by atoms with E-state index < -0.39 is 97.5 Å². The summed E-state index contributed by atoms with van der Waals surface area (Å²) >= 11 is 0. The smallest absolute Gasteiger partial charge is 0.462 e. The summed E-state index contributed by atoms with van der Waals surface area (Å²) in [5.41, 5.74) is 0. The molecule has 0 aliphatic carbocycles. The molecule has 0 aliphatic heterocycles. The lowest BCUT2D eigenvalue weighted by Crippen LogP contribution is -2.30. The highest BCUT2D eigenvalue weighted by molar-refractivity contribution is 7.47. The summed E-state index contributed by atoms with van der Waals surface area (Å²) < 4.78 is 68.3. The van der Waals surface area contributed by atoms with Crippen molar-refractivity contribution in [2.24, 2.45) is 23.7 Å². The first-order chi connectivity index (χ1) is 43.7. The lowest BCUT2D eigenvalue weighted by atomic mass is 9.99. The second-order valence-electron chi connectivity index (χ2n) is 27.4. The van der Waals surface area contributed by atoms with E-state index in [4.69, 9.17) is 37.0 Å². The number of carbonyl (C=O) groups is 4. The Balaban J connectivity index is 5.23. The topological polar surface area (TPSA) is 237 Å². The Morgan fingerprint density at radius 2 is 0.527 bits per heavy atom. The van der Waals surface area contributed by atoms with Gasteiger partial charge < -0.3 is 33.8 Å². The van der Waals surface area contributed by atoms with Gasteiger partial charge in [0.25, 0.3) is 0 Å². The van der Waals surface area contributed by atoms with Crippen LogP contribution in [-0.2, 0) is 65.4 Å². The summed E-state index contributed by atoms with van der Waals surface area (Å²) in [6, 6.07) is 0. The number of phosphoric ester groups is 2. The Hall–Kier alpha value is -1.94. The predicted octanol–water partition coefficient (Wildman–Crippen LogP) is 20.5. The van der Waals surface area contributed by atoms with Crippen molar-refractivity contribution in [2.45, 2.75) is 375 Å². The highest BCUT2D eigenvalue weighted by Gasteiger charge is 2.30. The Morgan fingerprint density at radius 1 is 0.308 bits per heavy atom. The molecule has 0 aromatic carbocycles. The van der Waals surface area contributed by atoms with Crippen LogP contribution >= 0.6 is 15.6 Å². The first-order valence-electron chi connectivity index (χ1n) is 37.3. The first-order valence-corrected chi connectivity index (χ1v) is 40.3. The quantitative estimate of drug-likeness (QED) is 0.0222. The second-order valence-corrected chi connectivity index (χ2v) is 30.3. The summed E-state index contributed by atoms with van der Waals surface area (Å²) in [6.07, 6.45) is 44.6. The average molecular weight is 1340 g/mol. The standard InChI is InChI=1S/C72H140O17P2/c1-9-64(7)50-42-34-25-21-18-19-22-26-36-44-52-69(74)82-58-67(88-71(76)54-46-38-27-23-17-15-13-11-12-14-16-20-24-32-40-48-62(3)4)60-86-90(78,79)84-56-66(73)57-85-91(80,81)87-61-68(59-83-70(75)53-45-37-30-28-33-41-49-63(5)6)89-72(77)55-47-39-31-29-35-43-51-65(8)10-2/h62-68,73H,9-61H2,1-8H3,(H,78,79)(H,80,81)/t64?,65?,66-,67-,68-/m1/s1. The van der Waals surface area contributed by atoms with Gasteiger partial charge in [-0.05, 0) is 49.4 Å². The maximum atomic E-state index is 13.0. The minimum atomic E-state index is -4.96. The van der Waals surface area contributed by atoms with Gasteiger partial charge in [0.1, 0.15) is 19.3 Å². The Morgan fingerprint density at radius 3 is 0.780 bits per heavy atom. The number of phosphoric acid groups is 2. The molecule has 0 radical (unpaired) electrons. The predicted molar refractivity (Wildman–Crippen MR) is 367 cm³/mol. The van der Waals surface area contributed by atoms with Gasteiger partial charge in [-0.2, -0.15) is 0 Å². The third-order valence-corrected chi connectivity index (χ3v) is 19.2. The van der Waals surface area contributed by atoms with Crippen LogP contribution in [0, 0.1) is 23.7 Å². The molecular weight excluding hydrogens is 1200 g/mol. The summed E-state index contributed by atoms with van der Waals surface area (Å²) in [7, 11) is -9.90. The van der Waals surface area contributed by atoms with E-state index in [1.54, 1.807) is 0 Å². The maximum absolute atomic E-state index is 13.0. The van der Waals surface area contributed by atoms with Crippen LogP contribution in [0.15, 0.2) is 0 Å². The van der Waals surface area contributed by atoms with E-state index in [1.807, 2.05) is 0 Å². The molecule has 0 aromatic rings. The molecule has 4 unspecified atom stereocenters. The van der Waals surface area contributed by atoms with Crippen LogP contribution in [0.1, 0.15) is 357 Å². The number of unbranched alkanes of at least 4 members (excludes halogenated alkanes) is 33. The number of esters is 4. The molecule has 0 saturated carbocycles. The molecule has 91 heavy (non-hydrogen) atoms. The van der Waals surface area contributed by atoms with Crippen LogP contribution in [-0.4, -0.2) is 96.7 Å². The summed E-state index contributed by atoms with van der Waals surface area (Å²) in [5, 5.41) is 10.6. The van der Waals surface area contributed by atoms with Crippen LogP contribution in [0.2, 0.25) is 0 Å². The lowest BCUT2D eigenvalue weighted by molar-refractivity contribution is -0.161. The summed E-state index contributed by atoms with van der Waals surface area (Å²) in [6.45, 7) is 14.1. The fourth-order valence-corrected chi connectivity index (χ4v) is 12.4. The molecule has 0 aliphatic rings. The van der Waals surface area contributed by atoms with Gasteiger partial charge in [-0.15, -0.1) is 0 Å². The van der Waals surface area contributed by atoms with Gasteiger partial charge in [0.05, 0.1) is 26.4 Å². The largest absolute Gasteiger partial charge is 0.472 e. The minimum Gasteiger partial charge on any atom is -0.462 e. The Kier molecular flexibility index (Phi) is 60.3. The molecule has 3 N–H and O–H groups in total. The van der Waals surface area contributed by atoms with Gasteiger partial charge in [0.2, 0.25) is 0 Å². The van der Waals surface area contributed by atoms with Gasteiger partial charge in [-0.3, -0.25) is 37.3 Å². The summed E-state index contributed by atoms with van der Waals surface area (Å²) in [4.78, 5) is 72.6. The van der Waals surface area contributed by atoms with Crippen LogP contribution in [0.5, 0.6) is 0 Å². The maximum Gasteiger partial charge on any atom is 0.472 e. The van der Waals surface area contributed by atoms with Crippen molar-refractivity contribution >= 4 is 39.5 Å². The third-order valence-electron chi connectivity index (χ3n) is 17.3. The highest BCUT2D eigenvalue weighted by atomic mass is 31.2. The molecule has 0 amide bonds. The first kappa shape index (κ1) is 89.1. The molecule has 0 aromatic heterocycles. The number of hydrogen-bond acceptors (Lipinski definition) is 15. The van der Waals surface area contributed by atoms with E-state index in [9.17, 15) is 43.2 Å². The fraction of sp³-hybridized carbons (Fsp3) is 0.944. The highest BCUT2D eigenvalue weighted by Crippen LogP contribution is 2.45. The van der Waals surface area contributed by atoms with E-state index >= 15 is 0 Å². The second kappa shape index (κ2) is 61.6. The van der Waals surface area contributed by atoms with Crippen molar-refractivity contribution in [1.82, 2.24) is 0 Å². The van der Waals surface area contributed by atoms with Gasteiger partial charge in [0.15, 0.2) is 12.2 Å². The minimum absolute atomic E-state index is 0.101. The van der Waals surface area contributed by atoms with Crippen LogP contribution in [0.4, 0.5) is 0 Å². The SMILES string of the molecule is CCC(C)CCCCCCCCCCCCC(=O)OC[C@H](COP(=O)(O)OC[C@@H](O)COP(=O)(O)OC[C@@H](COC(=O)CCCCCCCCC(C)C)OC(=O)CCCCCCCCC(C)CC)OC(=O)CCCCCCCCCCCCCCCCCC(C)C. The number of carbonyl (C=O) groups excluding carboxylic acids is 4. The van der Waals surface area contributed by atoms with Crippen LogP contribution < -0.4 is 0 Å². The van der Waals surface area contributed by atoms with E-state index in [2.05, 4.69) is 55.4 Å². The third kappa shape index (κ3) is 63.9. The van der Waals surface area contributed by atoms with Gasteiger partial charge in [-0.1, -0.05) is 306 Å². The molecule has 17 nitrogen and oxygen atoms in total. The molecular formula is C72H140O17P2. The zero-order chi connectivity index (χ0) is 67.5. The number of aliphatic hydroxyl groups excluding tert-OH is 1. The Labute approximate surface area is 556 Å². The molecule has 0 rings (SSSR count). The zero-order valence-electron chi connectivity index (χ0n) is 59.5. The van der Waals surface area contributed by atoms with Crippen molar-refractivity contribution in [3.05, 3.63) is 0 Å². The molecule has 0 bridgehead atoms. The van der Waals surface area contributed by atoms with E-state index in [0.29, 0.717) is 31.6 Å². The lowest BCUT2D eigenvalue weighted by Gasteiger charge is -2.21. The van der Waals surface area contributed by atoms with Crippen molar-refractivity contribution < 1.29 is 80.2 Å². The molecule has 0 saturated heterocycles. The monoisotopic (exact) mass is 1340 g/mol. The molecule has 0 spiro atoms. The number of rotatable bonds is 69. The number of aliphatic hydroxyl groups is 1. The molecule has 19 heteroatoms. The van der Waals surface area contributed by atoms with E-state index in [0.717, 1.165) is 114 Å². The van der Waals surface area contributed by atoms with Gasteiger partial charge in [0, 0.05) is 25.7 Å². The van der Waals surface area contributed by atoms with Gasteiger partial charge >= 0.3 is 39.5 Å². The zero-order valence-corrected chi connectivity index (χ0v) is 61.3. The Bertz CT molecular complexity index is 1800. The fourth-order valence-electron chi connectivity index (χ4n) is 10.8. The number of hydrogen-bond donors (Lipinski definition) is 3. The van der Waals surface area contributed by atoms with Crippen molar-refractivity contribution in [1.29, 1.82) is 0 Å². The van der Waals surface area contributed by atoms with Crippen molar-refractivity contribution in [3.8, 4) is 0 Å². The summed E-state index contributed by atoms with van der Waals surface area (Å²) in [5.74, 6) is 0.881.